The number of thiazole rings is 1. The highest BCUT2D eigenvalue weighted by atomic mass is 32.1. The molecular weight excluding hydrogens is 288 g/mol. The zero-order valence-corrected chi connectivity index (χ0v) is 11.9. The summed E-state index contributed by atoms with van der Waals surface area (Å²) in [5.41, 5.74) is 2.00. The number of amides is 1. The van der Waals surface area contributed by atoms with E-state index in [2.05, 4.69) is 20.4 Å². The van der Waals surface area contributed by atoms with Crippen molar-refractivity contribution in [1.82, 2.24) is 19.7 Å². The molecule has 21 heavy (non-hydrogen) atoms. The molecule has 7 nitrogen and oxygen atoms in total. The average Bonchev–Trinajstić information content (AvgIpc) is 3.04. The van der Waals surface area contributed by atoms with E-state index in [1.165, 1.54) is 22.3 Å². The van der Waals surface area contributed by atoms with Crippen molar-refractivity contribution in [2.75, 3.05) is 5.32 Å². The molecule has 0 radical (unpaired) electrons. The van der Waals surface area contributed by atoms with E-state index in [-0.39, 0.29) is 18.3 Å². The molecule has 1 amide bonds. The molecule has 0 aliphatic heterocycles. The van der Waals surface area contributed by atoms with E-state index in [1.807, 2.05) is 31.2 Å². The van der Waals surface area contributed by atoms with Crippen LogP contribution in [0.25, 0.3) is 10.2 Å². The normalized spacial score (nSPS) is 10.5. The molecule has 0 saturated carbocycles. The molecule has 104 valence electrons. The maximum atomic E-state index is 11.9. The molecule has 3 aromatic rings. The Morgan fingerprint density at radius 3 is 3.14 bits per heavy atom. The van der Waals surface area contributed by atoms with Gasteiger partial charge < -0.3 is 5.32 Å². The molecule has 0 spiro atoms. The van der Waals surface area contributed by atoms with Gasteiger partial charge in [-0.05, 0) is 24.6 Å². The van der Waals surface area contributed by atoms with E-state index in [4.69, 9.17) is 5.26 Å². The van der Waals surface area contributed by atoms with E-state index in [9.17, 15) is 4.79 Å². The number of carbonyl (C=O) groups is 1. The van der Waals surface area contributed by atoms with Gasteiger partial charge in [0.25, 0.3) is 5.82 Å². The second kappa shape index (κ2) is 5.30. The van der Waals surface area contributed by atoms with Crippen molar-refractivity contribution in [3.8, 4) is 6.07 Å². The van der Waals surface area contributed by atoms with Gasteiger partial charge in [0, 0.05) is 0 Å². The zero-order valence-electron chi connectivity index (χ0n) is 11.1. The lowest BCUT2D eigenvalue weighted by Crippen LogP contribution is -2.19. The summed E-state index contributed by atoms with van der Waals surface area (Å²) in [5, 5.41) is 15.7. The van der Waals surface area contributed by atoms with E-state index < -0.39 is 0 Å². The first kappa shape index (κ1) is 13.2. The van der Waals surface area contributed by atoms with Crippen LogP contribution in [0.3, 0.4) is 0 Å². The van der Waals surface area contributed by atoms with Crippen LogP contribution in [0.1, 0.15) is 11.4 Å². The van der Waals surface area contributed by atoms with E-state index >= 15 is 0 Å². The fourth-order valence-electron chi connectivity index (χ4n) is 1.81. The third-order valence-corrected chi connectivity index (χ3v) is 3.67. The van der Waals surface area contributed by atoms with Crippen LogP contribution in [-0.4, -0.2) is 25.7 Å². The van der Waals surface area contributed by atoms with Crippen molar-refractivity contribution in [3.63, 3.8) is 0 Å². The zero-order chi connectivity index (χ0) is 14.8. The van der Waals surface area contributed by atoms with Gasteiger partial charge in [0.05, 0.1) is 10.2 Å². The van der Waals surface area contributed by atoms with Crippen molar-refractivity contribution in [2.24, 2.45) is 0 Å². The molecule has 1 aromatic carbocycles. The van der Waals surface area contributed by atoms with Crippen molar-refractivity contribution < 1.29 is 4.79 Å². The Hall–Kier alpha value is -2.79. The summed E-state index contributed by atoms with van der Waals surface area (Å²) in [5.74, 6) is -0.224. The first-order valence-corrected chi connectivity index (χ1v) is 6.92. The van der Waals surface area contributed by atoms with E-state index in [0.717, 1.165) is 15.8 Å². The van der Waals surface area contributed by atoms with Crippen LogP contribution in [0.5, 0.6) is 0 Å². The smallest absolute Gasteiger partial charge is 0.252 e. The number of nitrogens with zero attached hydrogens (tertiary/aromatic N) is 5. The Morgan fingerprint density at radius 1 is 1.52 bits per heavy atom. The third kappa shape index (κ3) is 2.88. The van der Waals surface area contributed by atoms with Crippen molar-refractivity contribution in [2.45, 2.75) is 13.5 Å². The fourth-order valence-corrected chi connectivity index (χ4v) is 2.79. The molecule has 3 rings (SSSR count). The van der Waals surface area contributed by atoms with Gasteiger partial charge in [-0.3, -0.25) is 4.79 Å². The van der Waals surface area contributed by atoms with Crippen molar-refractivity contribution in [1.29, 1.82) is 5.26 Å². The van der Waals surface area contributed by atoms with Crippen LogP contribution < -0.4 is 5.32 Å². The SMILES string of the molecule is Cc1ccc2nc(NC(=O)Cn3cnc(C#N)n3)sc2c1. The summed E-state index contributed by atoms with van der Waals surface area (Å²) in [6.07, 6.45) is 1.35. The molecule has 2 aromatic heterocycles. The number of aromatic nitrogens is 4. The number of nitrogens with one attached hydrogen (secondary N) is 1. The maximum Gasteiger partial charge on any atom is 0.252 e. The molecule has 0 saturated heterocycles. The van der Waals surface area contributed by atoms with Gasteiger partial charge in [-0.25, -0.2) is 14.6 Å². The monoisotopic (exact) mass is 298 g/mol. The Balaban J connectivity index is 1.72. The topological polar surface area (TPSA) is 96.5 Å². The predicted molar refractivity (Wildman–Crippen MR) is 77.7 cm³/mol. The van der Waals surface area contributed by atoms with Gasteiger partial charge in [0.2, 0.25) is 5.91 Å². The van der Waals surface area contributed by atoms with Crippen molar-refractivity contribution >= 4 is 32.6 Å². The Bertz CT molecular complexity index is 859. The van der Waals surface area contributed by atoms with Gasteiger partial charge in [0.1, 0.15) is 18.9 Å². The number of carbonyl (C=O) groups excluding carboxylic acids is 1. The summed E-state index contributed by atoms with van der Waals surface area (Å²) in [4.78, 5) is 20.0. The number of hydrogen-bond acceptors (Lipinski definition) is 6. The van der Waals surface area contributed by atoms with Gasteiger partial charge in [-0.2, -0.15) is 5.26 Å². The lowest BCUT2D eigenvalue weighted by molar-refractivity contribution is -0.116. The van der Waals surface area contributed by atoms with Crippen molar-refractivity contribution in [3.05, 3.63) is 35.9 Å². The number of anilines is 1. The molecule has 0 aliphatic carbocycles. The minimum atomic E-state index is -0.264. The number of hydrogen-bond donors (Lipinski definition) is 1. The predicted octanol–water partition coefficient (Wildman–Crippen LogP) is 1.71. The largest absolute Gasteiger partial charge is 0.300 e. The lowest BCUT2D eigenvalue weighted by Gasteiger charge is -2.00. The first-order valence-electron chi connectivity index (χ1n) is 6.10. The van der Waals surface area contributed by atoms with Crippen LogP contribution in [0, 0.1) is 18.3 Å². The van der Waals surface area contributed by atoms with Gasteiger partial charge in [-0.1, -0.05) is 17.4 Å². The van der Waals surface area contributed by atoms with Crippen LogP contribution in [-0.2, 0) is 11.3 Å². The summed E-state index contributed by atoms with van der Waals surface area (Å²) in [6.45, 7) is 2.00. The molecule has 0 atom stereocenters. The highest BCUT2D eigenvalue weighted by Gasteiger charge is 2.09. The van der Waals surface area contributed by atoms with E-state index in [0.29, 0.717) is 5.13 Å². The van der Waals surface area contributed by atoms with Gasteiger partial charge >= 0.3 is 0 Å². The second-order valence-electron chi connectivity index (χ2n) is 4.42. The molecule has 1 N–H and O–H groups in total. The van der Waals surface area contributed by atoms with Crippen LogP contribution in [0.2, 0.25) is 0 Å². The highest BCUT2D eigenvalue weighted by molar-refractivity contribution is 7.22. The Morgan fingerprint density at radius 2 is 2.38 bits per heavy atom. The summed E-state index contributed by atoms with van der Waals surface area (Å²) in [6, 6.07) is 7.74. The van der Waals surface area contributed by atoms with Crippen LogP contribution >= 0.6 is 11.3 Å². The average molecular weight is 298 g/mol. The molecule has 0 aliphatic rings. The molecular formula is C13H10N6OS. The first-order chi connectivity index (χ1) is 10.1. The Labute approximate surface area is 123 Å². The molecule has 0 unspecified atom stereocenters. The van der Waals surface area contributed by atoms with Gasteiger partial charge in [-0.15, -0.1) is 5.10 Å². The van der Waals surface area contributed by atoms with Crippen LogP contribution in [0.15, 0.2) is 24.5 Å². The standard InChI is InChI=1S/C13H10N6OS/c1-8-2-3-9-10(4-8)21-13(16-9)17-12(20)6-19-7-15-11(5-14)18-19/h2-4,7H,6H2,1H3,(H,16,17,20). The third-order valence-electron chi connectivity index (χ3n) is 2.73. The fraction of sp³-hybridized carbons (Fsp3) is 0.154. The maximum absolute atomic E-state index is 11.9. The number of fused-ring (bicyclic) bond motifs is 1. The van der Waals surface area contributed by atoms with E-state index in [1.54, 1.807) is 0 Å². The molecule has 0 fully saturated rings. The minimum absolute atomic E-state index is 0.0103. The summed E-state index contributed by atoms with van der Waals surface area (Å²) in [7, 11) is 0. The summed E-state index contributed by atoms with van der Waals surface area (Å²) < 4.78 is 2.34. The number of aryl methyl sites for hydroxylation is 1. The summed E-state index contributed by atoms with van der Waals surface area (Å²) >= 11 is 1.42. The van der Waals surface area contributed by atoms with Gasteiger partial charge in [0.15, 0.2) is 5.13 Å². The highest BCUT2D eigenvalue weighted by Crippen LogP contribution is 2.26. The number of nitriles is 1. The minimum Gasteiger partial charge on any atom is -0.300 e. The number of benzene rings is 1. The lowest BCUT2D eigenvalue weighted by atomic mass is 10.2. The molecule has 0 bridgehead atoms. The van der Waals surface area contributed by atoms with Crippen LogP contribution in [0.4, 0.5) is 5.13 Å². The molecule has 2 heterocycles. The Kier molecular flexibility index (Phi) is 3.33. The number of rotatable bonds is 3. The second-order valence-corrected chi connectivity index (χ2v) is 5.45. The molecule has 8 heteroatoms. The quantitative estimate of drug-likeness (QED) is 0.794.